The van der Waals surface area contributed by atoms with Gasteiger partial charge in [0.15, 0.2) is 0 Å². The van der Waals surface area contributed by atoms with Crippen LogP contribution in [0, 0.1) is 0 Å². The van der Waals surface area contributed by atoms with Gasteiger partial charge in [-0.15, -0.1) is 0 Å². The summed E-state index contributed by atoms with van der Waals surface area (Å²) in [5.74, 6) is 0. The van der Waals surface area contributed by atoms with Gasteiger partial charge in [0.05, 0.1) is 0 Å². The maximum atomic E-state index is 3.12. The minimum absolute atomic E-state index is 0. The average Bonchev–Trinajstić information content (AvgIpc) is 0.918. The van der Waals surface area contributed by atoms with E-state index in [0.29, 0.717) is 11.3 Å². The summed E-state index contributed by atoms with van der Waals surface area (Å²) in [6.07, 6.45) is 0. The van der Waals surface area contributed by atoms with Crippen LogP contribution in [0.1, 0.15) is 0 Å². The minimum atomic E-state index is 0. The minimum Gasteiger partial charge on any atom is 0 e. The Balaban J connectivity index is -0.00000000667. The van der Waals surface area contributed by atoms with Crippen LogP contribution in [-0.2, 0) is 0 Å². The largest absolute Gasteiger partial charge is 0 e. The van der Waals surface area contributed by atoms with Gasteiger partial charge >= 0.3 is 39.6 Å². The van der Waals surface area contributed by atoms with Gasteiger partial charge in [-0.25, -0.2) is 0 Å². The van der Waals surface area contributed by atoms with Crippen LogP contribution in [0.2, 0.25) is 0 Å². The van der Waals surface area contributed by atoms with Crippen molar-refractivity contribution in [3.63, 3.8) is 0 Å². The second-order valence-corrected chi connectivity index (χ2v) is 8.18. The number of rotatable bonds is 0. The summed E-state index contributed by atoms with van der Waals surface area (Å²) in [7, 11) is 0. The molecule has 0 saturated heterocycles. The van der Waals surface area contributed by atoms with Crippen LogP contribution < -0.4 is 0 Å². The smallest absolute Gasteiger partial charge is 0 e. The van der Waals surface area contributed by atoms with E-state index in [-0.39, 0.29) is 126 Å². The summed E-state index contributed by atoms with van der Waals surface area (Å²) in [6.45, 7) is 0. The Kier molecular flexibility index (Phi) is 84.1. The molecule has 0 N–H and O–H groups in total. The van der Waals surface area contributed by atoms with E-state index in [4.69, 9.17) is 0 Å². The van der Waals surface area contributed by atoms with Gasteiger partial charge in [-0.1, -0.05) is 0 Å². The topological polar surface area (TPSA) is 0 Å². The van der Waals surface area contributed by atoms with Gasteiger partial charge in [-0.2, -0.15) is 0 Å². The van der Waals surface area contributed by atoms with E-state index in [1.807, 2.05) is 0 Å². The molecule has 26 valence electrons. The second kappa shape index (κ2) is 22.5. The summed E-state index contributed by atoms with van der Waals surface area (Å²) < 4.78 is 0. The van der Waals surface area contributed by atoms with Crippen LogP contribution >= 0.6 is 28.2 Å². The molecule has 0 amide bonds. The van der Waals surface area contributed by atoms with Gasteiger partial charge in [0, 0.05) is 126 Å². The van der Waals surface area contributed by atoms with Crippen molar-refractivity contribution in [2.45, 2.75) is 0 Å². The molecule has 0 saturated carbocycles. The average molecular weight is 520 g/mol. The Bertz CT molecular complexity index is 13.5. The molecule has 0 aromatic heterocycles. The third-order valence-corrected chi connectivity index (χ3v) is 0. The molecule has 0 aromatic carbocycles. The van der Waals surface area contributed by atoms with Crippen molar-refractivity contribution < 1.29 is 0 Å². The van der Waals surface area contributed by atoms with Crippen molar-refractivity contribution in [3.05, 3.63) is 0 Å². The molecule has 0 aliphatic heterocycles. The summed E-state index contributed by atoms with van der Waals surface area (Å²) in [4.78, 5) is 0. The maximum Gasteiger partial charge on any atom is 0 e. The predicted octanol–water partition coefficient (Wildman–Crippen LogP) is 0.168. The fraction of sp³-hybridized carbons (Fsp3) is 0. The van der Waals surface area contributed by atoms with Crippen LogP contribution in [0.5, 0.6) is 0 Å². The maximum absolute atomic E-state index is 3.12. The summed E-state index contributed by atoms with van der Waals surface area (Å²) in [5, 5.41) is 0. The quantitative estimate of drug-likeness (QED) is 0.401. The molecule has 0 nitrogen and oxygen atoms in total. The van der Waals surface area contributed by atoms with Crippen LogP contribution in [0.3, 0.4) is 0 Å². The van der Waals surface area contributed by atoms with Gasteiger partial charge in [-0.3, -0.25) is 0 Å². The van der Waals surface area contributed by atoms with Crippen molar-refractivity contribution >= 4 is 166 Å². The molecular weight excluding hydrogens is 520 g/mol. The van der Waals surface area contributed by atoms with Crippen LogP contribution in [0.4, 0.5) is 0 Å². The van der Waals surface area contributed by atoms with Crippen molar-refractivity contribution in [1.29, 1.82) is 0 Å². The van der Waals surface area contributed by atoms with E-state index < -0.39 is 0 Å². The van der Waals surface area contributed by atoms with Crippen LogP contribution in [0.25, 0.3) is 0 Å². The molecule has 0 aliphatic carbocycles. The zero-order chi connectivity index (χ0) is 2.71. The molecule has 0 aromatic rings. The third-order valence-electron chi connectivity index (χ3n) is 0. The van der Waals surface area contributed by atoms with E-state index >= 15 is 0 Å². The molecule has 0 bridgehead atoms. The van der Waals surface area contributed by atoms with Crippen molar-refractivity contribution in [2.24, 2.45) is 0 Å². The first-order valence-corrected chi connectivity index (χ1v) is 8.33. The Labute approximate surface area is 160 Å². The van der Waals surface area contributed by atoms with Crippen LogP contribution in [0.15, 0.2) is 0 Å². The first-order chi connectivity index (χ1) is 1.41. The number of hydrogen-bond acceptors (Lipinski definition) is 0. The van der Waals surface area contributed by atoms with Gasteiger partial charge in [0.1, 0.15) is 0 Å². The van der Waals surface area contributed by atoms with E-state index in [1.54, 1.807) is 0 Å². The molecule has 6 radical (unpaired) electrons. The summed E-state index contributed by atoms with van der Waals surface area (Å²) >= 11 is 6.75. The standard InChI is InChI=1S/B.Ba.Br2Se.Cs/c;;1-3-2;. The van der Waals surface area contributed by atoms with Crippen molar-refractivity contribution in [2.75, 3.05) is 0 Å². The first kappa shape index (κ1) is 22.5. The monoisotopic (exact) mass is 520 g/mol. The Morgan fingerprint density at radius 2 is 1.17 bits per heavy atom. The van der Waals surface area contributed by atoms with Crippen molar-refractivity contribution in [1.82, 2.24) is 0 Å². The molecule has 0 unspecified atom stereocenters. The molecule has 0 aliphatic rings. The van der Waals surface area contributed by atoms with Crippen molar-refractivity contribution in [3.8, 4) is 0 Å². The molecule has 6 heavy (non-hydrogen) atoms. The van der Waals surface area contributed by atoms with Gasteiger partial charge in [0.25, 0.3) is 0 Å². The van der Waals surface area contributed by atoms with E-state index in [2.05, 4.69) is 28.2 Å². The molecule has 0 rings (SSSR count). The van der Waals surface area contributed by atoms with E-state index in [0.717, 1.165) is 0 Å². The Morgan fingerprint density at radius 1 is 1.17 bits per heavy atom. The molecule has 0 fully saturated rings. The molecule has 0 heterocycles. The number of hydrogen-bond donors (Lipinski definition) is 0. The third kappa shape index (κ3) is 22.9. The second-order valence-electron chi connectivity index (χ2n) is 0.0583. The zero-order valence-corrected chi connectivity index (χ0v) is 19.1. The predicted molar refractivity (Wildman–Crippen MR) is 40.9 cm³/mol. The van der Waals surface area contributed by atoms with E-state index in [1.165, 1.54) is 0 Å². The molecule has 0 atom stereocenters. The normalized spacial score (nSPS) is 3.00. The zero-order valence-electron chi connectivity index (χ0n) is 3.45. The van der Waals surface area contributed by atoms with Gasteiger partial charge < -0.3 is 0 Å². The Morgan fingerprint density at radius 3 is 1.17 bits per heavy atom. The summed E-state index contributed by atoms with van der Waals surface area (Å²) in [6, 6.07) is 0. The fourth-order valence-electron chi connectivity index (χ4n) is 0. The van der Waals surface area contributed by atoms with Gasteiger partial charge in [-0.05, 0) is 0 Å². The fourth-order valence-corrected chi connectivity index (χ4v) is 0. The van der Waals surface area contributed by atoms with Gasteiger partial charge in [0.2, 0.25) is 0 Å². The number of halogens is 2. The first-order valence-electron chi connectivity index (χ1n) is 0.309. The Hall–Kier alpha value is 5.17. The molecule has 0 spiro atoms. The SMILES string of the molecule is Br[Se]Br.[B].[Ba].[Cs]. The van der Waals surface area contributed by atoms with E-state index in [9.17, 15) is 0 Å². The molecular formula is BBaBr2CsSe. The van der Waals surface area contributed by atoms with Crippen LogP contribution in [-0.4, -0.2) is 138 Å². The summed E-state index contributed by atoms with van der Waals surface area (Å²) in [5.41, 5.74) is 0. The molecule has 6 heteroatoms.